The Morgan fingerprint density at radius 2 is 1.76 bits per heavy atom. The SMILES string of the molecule is COc1cc2c(cc1/C=C1/C(=O)NC(=O)N(c3ccc(Cl)c(Cl)c3)C1=O)C(C)=CC(C)(C)N2C. The monoisotopic (exact) mass is 499 g/mol. The zero-order valence-electron chi connectivity index (χ0n) is 19.3. The minimum atomic E-state index is -0.870. The number of nitrogens with zero attached hydrogens (tertiary/aromatic N) is 2. The van der Waals surface area contributed by atoms with E-state index in [2.05, 4.69) is 30.1 Å². The number of imide groups is 2. The average Bonchev–Trinajstić information content (AvgIpc) is 2.76. The summed E-state index contributed by atoms with van der Waals surface area (Å²) in [6.07, 6.45) is 3.59. The molecule has 1 fully saturated rings. The smallest absolute Gasteiger partial charge is 0.335 e. The number of hydrogen-bond acceptors (Lipinski definition) is 5. The van der Waals surface area contributed by atoms with E-state index in [0.29, 0.717) is 11.3 Å². The molecule has 176 valence electrons. The van der Waals surface area contributed by atoms with Crippen LogP contribution in [-0.4, -0.2) is 37.5 Å². The van der Waals surface area contributed by atoms with Crippen molar-refractivity contribution < 1.29 is 19.1 Å². The summed E-state index contributed by atoms with van der Waals surface area (Å²) in [7, 11) is 3.52. The molecule has 4 rings (SSSR count). The van der Waals surface area contributed by atoms with Crippen molar-refractivity contribution >= 4 is 64.1 Å². The number of halogens is 2. The van der Waals surface area contributed by atoms with Crippen LogP contribution >= 0.6 is 23.2 Å². The molecule has 9 heteroatoms. The molecule has 0 saturated carbocycles. The Kier molecular flexibility index (Phi) is 5.96. The number of likely N-dealkylation sites (N-methyl/N-ethyl adjacent to an activating group) is 1. The van der Waals surface area contributed by atoms with Crippen molar-refractivity contribution in [3.63, 3.8) is 0 Å². The summed E-state index contributed by atoms with van der Waals surface area (Å²) in [4.78, 5) is 41.4. The Balaban J connectivity index is 1.82. The molecule has 1 N–H and O–H groups in total. The second-order valence-electron chi connectivity index (χ2n) is 8.71. The van der Waals surface area contributed by atoms with Crippen LogP contribution in [0, 0.1) is 0 Å². The summed E-state index contributed by atoms with van der Waals surface area (Å²) >= 11 is 12.0. The van der Waals surface area contributed by atoms with Gasteiger partial charge in [0.1, 0.15) is 11.3 Å². The highest BCUT2D eigenvalue weighted by atomic mass is 35.5. The lowest BCUT2D eigenvalue weighted by molar-refractivity contribution is -0.122. The first-order valence-corrected chi connectivity index (χ1v) is 11.2. The molecule has 2 aliphatic rings. The maximum Gasteiger partial charge on any atom is 0.335 e. The Morgan fingerprint density at radius 1 is 1.06 bits per heavy atom. The number of urea groups is 1. The molecule has 0 aliphatic carbocycles. The minimum Gasteiger partial charge on any atom is -0.496 e. The maximum absolute atomic E-state index is 13.3. The van der Waals surface area contributed by atoms with Crippen molar-refractivity contribution in [1.29, 1.82) is 0 Å². The second-order valence-corrected chi connectivity index (χ2v) is 9.52. The van der Waals surface area contributed by atoms with E-state index in [1.807, 2.05) is 26.1 Å². The van der Waals surface area contributed by atoms with Gasteiger partial charge in [-0.05, 0) is 56.7 Å². The van der Waals surface area contributed by atoms with Gasteiger partial charge in [0.05, 0.1) is 28.4 Å². The van der Waals surface area contributed by atoms with Crippen molar-refractivity contribution in [2.75, 3.05) is 24.0 Å². The van der Waals surface area contributed by atoms with Gasteiger partial charge in [0.15, 0.2) is 0 Å². The number of anilines is 2. The van der Waals surface area contributed by atoms with Gasteiger partial charge in [0, 0.05) is 29.9 Å². The van der Waals surface area contributed by atoms with Gasteiger partial charge in [-0.2, -0.15) is 0 Å². The fourth-order valence-corrected chi connectivity index (χ4v) is 4.45. The Bertz CT molecular complexity index is 1310. The Morgan fingerprint density at radius 3 is 2.41 bits per heavy atom. The first-order chi connectivity index (χ1) is 15.9. The predicted octanol–water partition coefficient (Wildman–Crippen LogP) is 5.30. The van der Waals surface area contributed by atoms with Crippen LogP contribution in [0.2, 0.25) is 10.0 Å². The standard InChI is InChI=1S/C25H23Cl2N3O4/c1-13-12-25(2,3)29(4)20-11-21(34-5)14(8-16(13)20)9-17-22(31)28-24(33)30(23(17)32)15-6-7-18(26)19(27)10-15/h6-12H,1-5H3,(H,28,31,33)/b17-9-. The van der Waals surface area contributed by atoms with Gasteiger partial charge in [-0.15, -0.1) is 0 Å². The van der Waals surface area contributed by atoms with Gasteiger partial charge in [0.25, 0.3) is 11.8 Å². The lowest BCUT2D eigenvalue weighted by atomic mass is 9.88. The van der Waals surface area contributed by atoms with Gasteiger partial charge in [-0.1, -0.05) is 29.3 Å². The molecule has 0 atom stereocenters. The van der Waals surface area contributed by atoms with Gasteiger partial charge in [0.2, 0.25) is 0 Å². The Hall–Kier alpha value is -3.29. The van der Waals surface area contributed by atoms with Gasteiger partial charge in [-0.3, -0.25) is 14.9 Å². The first kappa shape index (κ1) is 23.9. The number of allylic oxidation sites excluding steroid dienone is 1. The number of nitrogens with one attached hydrogen (secondary N) is 1. The molecule has 7 nitrogen and oxygen atoms in total. The molecule has 1 saturated heterocycles. The van der Waals surface area contributed by atoms with E-state index in [1.165, 1.54) is 31.4 Å². The first-order valence-electron chi connectivity index (χ1n) is 10.5. The molecule has 4 amide bonds. The highest BCUT2D eigenvalue weighted by Crippen LogP contribution is 2.42. The maximum atomic E-state index is 13.3. The number of hydrogen-bond donors (Lipinski definition) is 1. The quantitative estimate of drug-likeness (QED) is 0.457. The van der Waals surface area contributed by atoms with E-state index < -0.39 is 17.8 Å². The summed E-state index contributed by atoms with van der Waals surface area (Å²) in [5.74, 6) is -1.09. The van der Waals surface area contributed by atoms with E-state index in [0.717, 1.165) is 21.7 Å². The third kappa shape index (κ3) is 3.95. The van der Waals surface area contributed by atoms with Crippen molar-refractivity contribution in [1.82, 2.24) is 5.32 Å². The van der Waals surface area contributed by atoms with E-state index >= 15 is 0 Å². The van der Waals surface area contributed by atoms with Crippen LogP contribution in [0.5, 0.6) is 5.75 Å². The molecule has 2 aliphatic heterocycles. The second kappa shape index (κ2) is 8.49. The number of amides is 4. The van der Waals surface area contributed by atoms with Crippen LogP contribution in [0.15, 0.2) is 42.0 Å². The van der Waals surface area contributed by atoms with Crippen LogP contribution in [-0.2, 0) is 9.59 Å². The van der Waals surface area contributed by atoms with Crippen LogP contribution < -0.4 is 19.9 Å². The van der Waals surface area contributed by atoms with Crippen molar-refractivity contribution in [3.05, 3.63) is 63.2 Å². The Labute approximate surface area is 207 Å². The molecule has 0 aromatic heterocycles. The molecule has 0 bridgehead atoms. The van der Waals surface area contributed by atoms with Crippen LogP contribution in [0.3, 0.4) is 0 Å². The zero-order chi connectivity index (χ0) is 24.9. The largest absolute Gasteiger partial charge is 0.496 e. The highest BCUT2D eigenvalue weighted by Gasteiger charge is 2.37. The molecular weight excluding hydrogens is 477 g/mol. The summed E-state index contributed by atoms with van der Waals surface area (Å²) < 4.78 is 5.59. The topological polar surface area (TPSA) is 79.0 Å². The number of benzene rings is 2. The molecule has 0 radical (unpaired) electrons. The number of barbiturate groups is 1. The number of fused-ring (bicyclic) bond motifs is 1. The zero-order valence-corrected chi connectivity index (χ0v) is 20.8. The van der Waals surface area contributed by atoms with Gasteiger partial charge >= 0.3 is 6.03 Å². The lowest BCUT2D eigenvalue weighted by Gasteiger charge is -2.41. The highest BCUT2D eigenvalue weighted by molar-refractivity contribution is 6.43. The molecular formula is C25H23Cl2N3O4. The fourth-order valence-electron chi connectivity index (χ4n) is 4.16. The van der Waals surface area contributed by atoms with E-state index in [4.69, 9.17) is 27.9 Å². The van der Waals surface area contributed by atoms with E-state index in [-0.39, 0.29) is 26.8 Å². The minimum absolute atomic E-state index is 0.174. The summed E-state index contributed by atoms with van der Waals surface area (Å²) in [5, 5.41) is 2.66. The average molecular weight is 500 g/mol. The number of methoxy groups -OCH3 is 1. The molecule has 2 aromatic rings. The van der Waals surface area contributed by atoms with Crippen LogP contribution in [0.4, 0.5) is 16.2 Å². The molecule has 2 heterocycles. The number of carbonyl (C=O) groups excluding carboxylic acids is 3. The molecule has 0 spiro atoms. The van der Waals surface area contributed by atoms with E-state index in [9.17, 15) is 14.4 Å². The lowest BCUT2D eigenvalue weighted by Crippen LogP contribution is -2.54. The third-order valence-corrected chi connectivity index (χ3v) is 6.87. The fraction of sp³-hybridized carbons (Fsp3) is 0.240. The van der Waals surface area contributed by atoms with E-state index in [1.54, 1.807) is 0 Å². The summed E-state index contributed by atoms with van der Waals surface area (Å²) in [6.45, 7) is 6.24. The van der Waals surface area contributed by atoms with Crippen molar-refractivity contribution in [2.45, 2.75) is 26.3 Å². The molecule has 34 heavy (non-hydrogen) atoms. The number of rotatable bonds is 3. The van der Waals surface area contributed by atoms with Gasteiger partial charge in [-0.25, -0.2) is 9.69 Å². The summed E-state index contributed by atoms with van der Waals surface area (Å²) in [5.41, 5.74) is 3.30. The molecule has 2 aromatic carbocycles. The normalized spacial score (nSPS) is 18.6. The predicted molar refractivity (Wildman–Crippen MR) is 135 cm³/mol. The molecule has 0 unspecified atom stereocenters. The third-order valence-electron chi connectivity index (χ3n) is 6.13. The summed E-state index contributed by atoms with van der Waals surface area (Å²) in [6, 6.07) is 7.22. The van der Waals surface area contributed by atoms with Crippen LogP contribution in [0.1, 0.15) is 31.9 Å². The number of carbonyl (C=O) groups is 3. The van der Waals surface area contributed by atoms with Crippen molar-refractivity contribution in [3.8, 4) is 5.75 Å². The van der Waals surface area contributed by atoms with Gasteiger partial charge < -0.3 is 9.64 Å². The number of ether oxygens (including phenoxy) is 1. The van der Waals surface area contributed by atoms with Crippen molar-refractivity contribution in [2.24, 2.45) is 0 Å². The van der Waals surface area contributed by atoms with Crippen LogP contribution in [0.25, 0.3) is 11.6 Å².